The molecule has 1 atom stereocenters. The maximum absolute atomic E-state index is 10.8. The molecule has 0 aliphatic rings. The van der Waals surface area contributed by atoms with Gasteiger partial charge in [0.25, 0.3) is 0 Å². The molecule has 0 bridgehead atoms. The van der Waals surface area contributed by atoms with Crippen molar-refractivity contribution >= 4 is 5.69 Å². The van der Waals surface area contributed by atoms with Gasteiger partial charge in [0.2, 0.25) is 0 Å². The Morgan fingerprint density at radius 2 is 2.06 bits per heavy atom. The number of hydrogen-bond donors (Lipinski definition) is 2. The van der Waals surface area contributed by atoms with Crippen LogP contribution in [0.4, 0.5) is 5.69 Å². The first kappa shape index (κ1) is 14.4. The predicted molar refractivity (Wildman–Crippen MR) is 69.5 cm³/mol. The molecule has 0 amide bonds. The Balaban J connectivity index is 3.14. The van der Waals surface area contributed by atoms with Crippen LogP contribution in [0.2, 0.25) is 0 Å². The standard InChI is InChI=1S/C12H19N3O3/c1-3-14(4-2)11(8-13)9-5-6-12(16)10(7-9)15(17)18/h5-7,11,16H,3-4,8,13H2,1-2H3. The average molecular weight is 253 g/mol. The van der Waals surface area contributed by atoms with Gasteiger partial charge in [-0.25, -0.2) is 0 Å². The largest absolute Gasteiger partial charge is 0.502 e. The molecule has 18 heavy (non-hydrogen) atoms. The van der Waals surface area contributed by atoms with Crippen LogP contribution in [-0.4, -0.2) is 34.6 Å². The van der Waals surface area contributed by atoms with Crippen molar-refractivity contribution in [3.63, 3.8) is 0 Å². The molecule has 6 nitrogen and oxygen atoms in total. The Kier molecular flexibility index (Phi) is 5.06. The third-order valence-electron chi connectivity index (χ3n) is 3.06. The summed E-state index contributed by atoms with van der Waals surface area (Å²) >= 11 is 0. The molecule has 0 saturated carbocycles. The molecule has 1 aromatic rings. The third-order valence-corrected chi connectivity index (χ3v) is 3.06. The smallest absolute Gasteiger partial charge is 0.311 e. The van der Waals surface area contributed by atoms with E-state index in [1.807, 2.05) is 13.8 Å². The Morgan fingerprint density at radius 3 is 2.50 bits per heavy atom. The first-order valence-corrected chi connectivity index (χ1v) is 5.96. The topological polar surface area (TPSA) is 92.6 Å². The Labute approximate surface area is 106 Å². The van der Waals surface area contributed by atoms with Crippen LogP contribution in [0, 0.1) is 10.1 Å². The van der Waals surface area contributed by atoms with Crippen molar-refractivity contribution in [3.8, 4) is 5.75 Å². The second kappa shape index (κ2) is 6.32. The van der Waals surface area contributed by atoms with E-state index in [0.29, 0.717) is 6.54 Å². The van der Waals surface area contributed by atoms with Crippen LogP contribution in [0.5, 0.6) is 5.75 Å². The number of nitrogens with two attached hydrogens (primary N) is 1. The highest BCUT2D eigenvalue weighted by molar-refractivity contribution is 5.48. The number of nitrogens with zero attached hydrogens (tertiary/aromatic N) is 2. The molecule has 0 radical (unpaired) electrons. The summed E-state index contributed by atoms with van der Waals surface area (Å²) in [6.07, 6.45) is 0. The van der Waals surface area contributed by atoms with E-state index >= 15 is 0 Å². The number of hydrogen-bond acceptors (Lipinski definition) is 5. The van der Waals surface area contributed by atoms with Crippen molar-refractivity contribution in [1.82, 2.24) is 4.90 Å². The molecule has 6 heteroatoms. The van der Waals surface area contributed by atoms with E-state index in [4.69, 9.17) is 5.73 Å². The van der Waals surface area contributed by atoms with Gasteiger partial charge in [0.1, 0.15) is 0 Å². The molecule has 0 spiro atoms. The van der Waals surface area contributed by atoms with Crippen LogP contribution in [0.15, 0.2) is 18.2 Å². The number of aromatic hydroxyl groups is 1. The van der Waals surface area contributed by atoms with Gasteiger partial charge in [0, 0.05) is 18.7 Å². The summed E-state index contributed by atoms with van der Waals surface area (Å²) in [5, 5.41) is 20.2. The first-order chi connectivity index (χ1) is 8.54. The first-order valence-electron chi connectivity index (χ1n) is 5.96. The maximum Gasteiger partial charge on any atom is 0.311 e. The fourth-order valence-electron chi connectivity index (χ4n) is 2.05. The summed E-state index contributed by atoms with van der Waals surface area (Å²) in [6, 6.07) is 4.35. The molecule has 0 heterocycles. The van der Waals surface area contributed by atoms with Gasteiger partial charge >= 0.3 is 5.69 Å². The molecule has 1 aromatic carbocycles. The highest BCUT2D eigenvalue weighted by Gasteiger charge is 2.21. The monoisotopic (exact) mass is 253 g/mol. The molecule has 0 aliphatic carbocycles. The summed E-state index contributed by atoms with van der Waals surface area (Å²) in [4.78, 5) is 12.3. The predicted octanol–water partition coefficient (Wildman–Crippen LogP) is 1.64. The lowest BCUT2D eigenvalue weighted by Gasteiger charge is -2.28. The van der Waals surface area contributed by atoms with Gasteiger partial charge in [-0.1, -0.05) is 19.9 Å². The third kappa shape index (κ3) is 2.96. The fourth-order valence-corrected chi connectivity index (χ4v) is 2.05. The zero-order valence-electron chi connectivity index (χ0n) is 10.7. The van der Waals surface area contributed by atoms with Gasteiger partial charge in [0.05, 0.1) is 4.92 Å². The minimum Gasteiger partial charge on any atom is -0.502 e. The Hall–Kier alpha value is -1.66. The molecule has 0 saturated heterocycles. The summed E-state index contributed by atoms with van der Waals surface area (Å²) in [5.41, 5.74) is 6.22. The molecule has 0 aromatic heterocycles. The average Bonchev–Trinajstić information content (AvgIpc) is 2.36. The number of likely N-dealkylation sites (N-methyl/N-ethyl adjacent to an activating group) is 1. The number of rotatable bonds is 6. The SMILES string of the molecule is CCN(CC)C(CN)c1ccc(O)c([N+](=O)[O-])c1. The quantitative estimate of drug-likeness (QED) is 0.594. The van der Waals surface area contributed by atoms with Crippen molar-refractivity contribution in [2.45, 2.75) is 19.9 Å². The van der Waals surface area contributed by atoms with Crippen molar-refractivity contribution in [2.24, 2.45) is 5.73 Å². The van der Waals surface area contributed by atoms with E-state index in [0.717, 1.165) is 18.7 Å². The van der Waals surface area contributed by atoms with Crippen molar-refractivity contribution < 1.29 is 10.0 Å². The van der Waals surface area contributed by atoms with Crippen molar-refractivity contribution in [3.05, 3.63) is 33.9 Å². The Morgan fingerprint density at radius 1 is 1.44 bits per heavy atom. The van der Waals surface area contributed by atoms with E-state index in [9.17, 15) is 15.2 Å². The van der Waals surface area contributed by atoms with Crippen LogP contribution < -0.4 is 5.73 Å². The second-order valence-corrected chi connectivity index (χ2v) is 3.98. The molecule has 0 fully saturated rings. The van der Waals surface area contributed by atoms with Gasteiger partial charge in [0.15, 0.2) is 5.75 Å². The van der Waals surface area contributed by atoms with E-state index in [2.05, 4.69) is 4.90 Å². The van der Waals surface area contributed by atoms with Gasteiger partial charge in [-0.15, -0.1) is 0 Å². The summed E-state index contributed by atoms with van der Waals surface area (Å²) in [6.45, 7) is 6.03. The molecule has 1 unspecified atom stereocenters. The lowest BCUT2D eigenvalue weighted by atomic mass is 10.0. The van der Waals surface area contributed by atoms with Crippen LogP contribution in [0.25, 0.3) is 0 Å². The number of phenols is 1. The molecule has 1 rings (SSSR count). The highest BCUT2D eigenvalue weighted by atomic mass is 16.6. The van der Waals surface area contributed by atoms with Gasteiger partial charge in [-0.05, 0) is 24.7 Å². The van der Waals surface area contributed by atoms with Crippen LogP contribution >= 0.6 is 0 Å². The lowest BCUT2D eigenvalue weighted by molar-refractivity contribution is -0.386. The van der Waals surface area contributed by atoms with Gasteiger partial charge in [-0.3, -0.25) is 15.0 Å². The molecular weight excluding hydrogens is 234 g/mol. The minimum atomic E-state index is -0.589. The van der Waals surface area contributed by atoms with Crippen LogP contribution in [-0.2, 0) is 0 Å². The van der Waals surface area contributed by atoms with E-state index in [-0.39, 0.29) is 17.5 Å². The van der Waals surface area contributed by atoms with Gasteiger partial charge in [-0.2, -0.15) is 0 Å². The number of nitro groups is 1. The number of benzene rings is 1. The Bertz CT molecular complexity index is 419. The lowest BCUT2D eigenvalue weighted by Crippen LogP contribution is -2.33. The molecule has 100 valence electrons. The van der Waals surface area contributed by atoms with E-state index in [1.54, 1.807) is 6.07 Å². The summed E-state index contributed by atoms with van der Waals surface area (Å²) < 4.78 is 0. The van der Waals surface area contributed by atoms with E-state index < -0.39 is 4.92 Å². The summed E-state index contributed by atoms with van der Waals surface area (Å²) in [5.74, 6) is -0.320. The molecule has 0 aliphatic heterocycles. The minimum absolute atomic E-state index is 0.0701. The van der Waals surface area contributed by atoms with Crippen molar-refractivity contribution in [2.75, 3.05) is 19.6 Å². The van der Waals surface area contributed by atoms with Gasteiger partial charge < -0.3 is 10.8 Å². The number of phenolic OH excluding ortho intramolecular Hbond substituents is 1. The normalized spacial score (nSPS) is 12.7. The zero-order chi connectivity index (χ0) is 13.7. The zero-order valence-corrected chi connectivity index (χ0v) is 10.7. The van der Waals surface area contributed by atoms with Crippen LogP contribution in [0.3, 0.4) is 0 Å². The van der Waals surface area contributed by atoms with Crippen LogP contribution in [0.1, 0.15) is 25.5 Å². The van der Waals surface area contributed by atoms with Crippen molar-refractivity contribution in [1.29, 1.82) is 0 Å². The summed E-state index contributed by atoms with van der Waals surface area (Å²) in [7, 11) is 0. The highest BCUT2D eigenvalue weighted by Crippen LogP contribution is 2.30. The second-order valence-electron chi connectivity index (χ2n) is 3.98. The number of nitro benzene ring substituents is 1. The molecular formula is C12H19N3O3. The maximum atomic E-state index is 10.8. The molecule has 3 N–H and O–H groups in total. The van der Waals surface area contributed by atoms with E-state index in [1.165, 1.54) is 12.1 Å². The fraction of sp³-hybridized carbons (Fsp3) is 0.500.